The van der Waals surface area contributed by atoms with E-state index in [1.54, 1.807) is 6.07 Å². The van der Waals surface area contributed by atoms with E-state index < -0.39 is 11.4 Å². The van der Waals surface area contributed by atoms with E-state index >= 15 is 0 Å². The summed E-state index contributed by atoms with van der Waals surface area (Å²) in [6.45, 7) is 9.08. The number of hydrogen-bond acceptors (Lipinski definition) is 7. The van der Waals surface area contributed by atoms with Gasteiger partial charge in [-0.1, -0.05) is 42.8 Å². The number of carbonyl (C=O) groups excluding carboxylic acids is 2. The Morgan fingerprint density at radius 1 is 0.811 bits per heavy atom. The van der Waals surface area contributed by atoms with Gasteiger partial charge in [0.15, 0.2) is 11.6 Å². The number of amides is 2. The number of anilines is 2. The van der Waals surface area contributed by atoms with Crippen molar-refractivity contribution in [3.05, 3.63) is 81.4 Å². The van der Waals surface area contributed by atoms with Crippen LogP contribution in [-0.2, 0) is 44.8 Å². The SMILES string of the molecule is CCN1CCc2c(nc(C(=O)Nc3cccc(-c4cccc(NC(=O)c5nc6c(n5C)CCN(CC57CCC(C(=O)O)(CC5)C7)C6)c4Cl)c3C)n2C)C1. The number of likely N-dealkylation sites (N-methyl/N-ethyl adjacent to an activating group) is 1. The minimum Gasteiger partial charge on any atom is -0.481 e. The van der Waals surface area contributed by atoms with E-state index in [0.717, 1.165) is 117 Å². The van der Waals surface area contributed by atoms with Gasteiger partial charge in [-0.3, -0.25) is 24.2 Å². The van der Waals surface area contributed by atoms with Crippen LogP contribution in [0.2, 0.25) is 5.02 Å². The zero-order valence-corrected chi connectivity index (χ0v) is 31.6. The van der Waals surface area contributed by atoms with Crippen LogP contribution in [0.3, 0.4) is 0 Å². The van der Waals surface area contributed by atoms with Crippen molar-refractivity contribution in [1.82, 2.24) is 28.9 Å². The highest BCUT2D eigenvalue weighted by Gasteiger charge is 2.58. The first kappa shape index (κ1) is 35.5. The summed E-state index contributed by atoms with van der Waals surface area (Å²) >= 11 is 7.01. The molecule has 2 fully saturated rings. The van der Waals surface area contributed by atoms with E-state index in [9.17, 15) is 19.5 Å². The predicted octanol–water partition coefficient (Wildman–Crippen LogP) is 6.06. The minimum atomic E-state index is -0.640. The molecule has 2 bridgehead atoms. The molecule has 4 aliphatic rings. The molecule has 0 saturated heterocycles. The van der Waals surface area contributed by atoms with E-state index in [0.29, 0.717) is 34.6 Å². The van der Waals surface area contributed by atoms with Gasteiger partial charge < -0.3 is 24.9 Å². The molecule has 2 aliphatic heterocycles. The summed E-state index contributed by atoms with van der Waals surface area (Å²) in [6, 6.07) is 11.2. The minimum absolute atomic E-state index is 0.0612. The van der Waals surface area contributed by atoms with Crippen LogP contribution in [0.1, 0.15) is 88.6 Å². The third-order valence-corrected chi connectivity index (χ3v) is 13.0. The van der Waals surface area contributed by atoms with Crippen LogP contribution in [0.15, 0.2) is 36.4 Å². The lowest BCUT2D eigenvalue weighted by atomic mass is 9.81. The number of nitrogens with one attached hydrogen (secondary N) is 2. The predicted molar refractivity (Wildman–Crippen MR) is 203 cm³/mol. The second kappa shape index (κ2) is 13.4. The maximum atomic E-state index is 13.7. The van der Waals surface area contributed by atoms with Gasteiger partial charge >= 0.3 is 5.97 Å². The number of imidazole rings is 2. The number of aromatic nitrogens is 4. The smallest absolute Gasteiger partial charge is 0.309 e. The lowest BCUT2D eigenvalue weighted by Gasteiger charge is -2.35. The summed E-state index contributed by atoms with van der Waals surface area (Å²) < 4.78 is 3.79. The fourth-order valence-corrected chi connectivity index (χ4v) is 9.81. The second-order valence-corrected chi connectivity index (χ2v) is 16.0. The van der Waals surface area contributed by atoms with Gasteiger partial charge in [-0.25, -0.2) is 9.97 Å². The van der Waals surface area contributed by atoms with Crippen LogP contribution in [0.4, 0.5) is 11.4 Å². The molecule has 12 nitrogen and oxygen atoms in total. The Kier molecular flexibility index (Phi) is 8.98. The highest BCUT2D eigenvalue weighted by molar-refractivity contribution is 6.36. The lowest BCUT2D eigenvalue weighted by Crippen LogP contribution is -2.39. The molecule has 2 amide bonds. The molecule has 2 aromatic carbocycles. The van der Waals surface area contributed by atoms with Gasteiger partial charge in [0.1, 0.15) is 0 Å². The third-order valence-electron chi connectivity index (χ3n) is 12.6. The number of aliphatic carboxylic acids is 1. The quantitative estimate of drug-likeness (QED) is 0.189. The fraction of sp³-hybridized carbons (Fsp3) is 0.475. The van der Waals surface area contributed by atoms with Crippen molar-refractivity contribution in [2.24, 2.45) is 24.9 Å². The molecule has 4 heterocycles. The Balaban J connectivity index is 0.969. The fourth-order valence-electron chi connectivity index (χ4n) is 9.54. The monoisotopic (exact) mass is 738 g/mol. The highest BCUT2D eigenvalue weighted by atomic mass is 35.5. The molecule has 0 unspecified atom stereocenters. The van der Waals surface area contributed by atoms with Crippen molar-refractivity contribution < 1.29 is 19.5 Å². The number of carbonyl (C=O) groups is 3. The number of carboxylic acid groups (broad SMARTS) is 1. The van der Waals surface area contributed by atoms with Crippen molar-refractivity contribution in [2.75, 3.05) is 36.8 Å². The highest BCUT2D eigenvalue weighted by Crippen LogP contribution is 2.62. The Morgan fingerprint density at radius 2 is 1.36 bits per heavy atom. The van der Waals surface area contributed by atoms with Crippen LogP contribution < -0.4 is 10.6 Å². The van der Waals surface area contributed by atoms with Crippen molar-refractivity contribution in [3.63, 3.8) is 0 Å². The number of hydrogen-bond donors (Lipinski definition) is 3. The molecule has 3 N–H and O–H groups in total. The van der Waals surface area contributed by atoms with E-state index in [1.807, 2.05) is 60.5 Å². The van der Waals surface area contributed by atoms with Crippen LogP contribution in [0, 0.1) is 17.8 Å². The summed E-state index contributed by atoms with van der Waals surface area (Å²) in [5, 5.41) is 16.3. The van der Waals surface area contributed by atoms with Crippen LogP contribution in [0.5, 0.6) is 0 Å². The summed E-state index contributed by atoms with van der Waals surface area (Å²) in [4.78, 5) is 53.5. The topological polar surface area (TPSA) is 138 Å². The molecule has 0 atom stereocenters. The maximum absolute atomic E-state index is 13.7. The molecule has 13 heteroatoms. The largest absolute Gasteiger partial charge is 0.481 e. The van der Waals surface area contributed by atoms with Crippen molar-refractivity contribution in [2.45, 2.75) is 71.9 Å². The van der Waals surface area contributed by atoms with Gasteiger partial charge in [-0.15, -0.1) is 0 Å². The molecule has 278 valence electrons. The summed E-state index contributed by atoms with van der Waals surface area (Å²) in [5.41, 5.74) is 7.04. The first-order valence-corrected chi connectivity index (χ1v) is 19.1. The van der Waals surface area contributed by atoms with Gasteiger partial charge in [0.25, 0.3) is 11.8 Å². The Bertz CT molecular complexity index is 2150. The number of carboxylic acids is 1. The number of halogens is 1. The van der Waals surface area contributed by atoms with E-state index in [-0.39, 0.29) is 17.2 Å². The Morgan fingerprint density at radius 3 is 1.94 bits per heavy atom. The van der Waals surface area contributed by atoms with Gasteiger partial charge in [-0.2, -0.15) is 0 Å². The molecule has 0 radical (unpaired) electrons. The van der Waals surface area contributed by atoms with Gasteiger partial charge in [-0.05, 0) is 74.2 Å². The second-order valence-electron chi connectivity index (χ2n) is 15.7. The van der Waals surface area contributed by atoms with Gasteiger partial charge in [0.2, 0.25) is 0 Å². The molecule has 2 saturated carbocycles. The first-order valence-electron chi connectivity index (χ1n) is 18.7. The molecule has 2 aromatic heterocycles. The Labute approximate surface area is 314 Å². The van der Waals surface area contributed by atoms with Crippen LogP contribution in [-0.4, -0.2) is 78.0 Å². The maximum Gasteiger partial charge on any atom is 0.309 e. The molecule has 53 heavy (non-hydrogen) atoms. The normalized spacial score (nSPS) is 22.4. The van der Waals surface area contributed by atoms with E-state index in [4.69, 9.17) is 21.6 Å². The average Bonchev–Trinajstić information content (AvgIpc) is 3.90. The van der Waals surface area contributed by atoms with Crippen LogP contribution >= 0.6 is 11.6 Å². The average molecular weight is 739 g/mol. The summed E-state index contributed by atoms with van der Waals surface area (Å²) in [7, 11) is 3.78. The standard InChI is InChI=1S/C40H47ClN8O4/c1-5-48-18-12-31-29(20-48)42-34(46(31)3)36(50)44-27-10-6-8-25(24(27)2)26-9-7-11-28(33(26)41)45-37(51)35-43-30-21-49(19-13-32(30)47(35)4)23-39-14-16-40(22-39,17-15-39)38(52)53/h6-11H,5,12-23H2,1-4H3,(H,44,50)(H,45,51)(H,52,53). The lowest BCUT2D eigenvalue weighted by molar-refractivity contribution is -0.148. The van der Waals surface area contributed by atoms with Crippen molar-refractivity contribution >= 4 is 40.8 Å². The third kappa shape index (κ3) is 6.14. The summed E-state index contributed by atoms with van der Waals surface area (Å²) in [6.07, 6.45) is 5.85. The molecular weight excluding hydrogens is 692 g/mol. The molecular formula is C40H47ClN8O4. The number of fused-ring (bicyclic) bond motifs is 4. The van der Waals surface area contributed by atoms with Crippen molar-refractivity contribution in [1.29, 1.82) is 0 Å². The van der Waals surface area contributed by atoms with Gasteiger partial charge in [0.05, 0.1) is 27.5 Å². The zero-order valence-electron chi connectivity index (χ0n) is 30.9. The van der Waals surface area contributed by atoms with E-state index in [1.165, 1.54) is 0 Å². The number of benzene rings is 2. The van der Waals surface area contributed by atoms with E-state index in [2.05, 4.69) is 27.4 Å². The Hall–Kier alpha value is -4.52. The number of nitrogens with zero attached hydrogens (tertiary/aromatic N) is 6. The van der Waals surface area contributed by atoms with Gasteiger partial charge in [0, 0.05) is 82.3 Å². The molecule has 8 rings (SSSR count). The molecule has 4 aromatic rings. The summed E-state index contributed by atoms with van der Waals surface area (Å²) in [5.74, 6) is -0.545. The molecule has 0 spiro atoms. The molecule has 2 aliphatic carbocycles. The van der Waals surface area contributed by atoms with Crippen molar-refractivity contribution in [3.8, 4) is 11.1 Å². The number of rotatable bonds is 9. The zero-order chi connectivity index (χ0) is 37.2. The van der Waals surface area contributed by atoms with Crippen LogP contribution in [0.25, 0.3) is 11.1 Å². The first-order chi connectivity index (χ1) is 25.4.